The zero-order valence-electron chi connectivity index (χ0n) is 16.9. The summed E-state index contributed by atoms with van der Waals surface area (Å²) in [7, 11) is 1.57. The third-order valence-electron chi connectivity index (χ3n) is 4.77. The van der Waals surface area contributed by atoms with Crippen molar-refractivity contribution in [1.29, 1.82) is 0 Å². The lowest BCUT2D eigenvalue weighted by Gasteiger charge is -2.06. The molecule has 0 aliphatic heterocycles. The largest absolute Gasteiger partial charge is 0.481 e. The zero-order valence-corrected chi connectivity index (χ0v) is 16.9. The Morgan fingerprint density at radius 3 is 2.57 bits per heavy atom. The van der Waals surface area contributed by atoms with E-state index in [1.54, 1.807) is 30.3 Å². The number of rotatable bonds is 6. The molecular weight excluding hydrogens is 376 g/mol. The highest BCUT2D eigenvalue weighted by Gasteiger charge is 2.18. The third-order valence-corrected chi connectivity index (χ3v) is 4.77. The first-order valence-corrected chi connectivity index (χ1v) is 9.63. The lowest BCUT2D eigenvalue weighted by molar-refractivity contribution is 0.0951. The van der Waals surface area contributed by atoms with E-state index in [9.17, 15) is 4.79 Å². The van der Waals surface area contributed by atoms with Crippen LogP contribution in [0.2, 0.25) is 0 Å². The molecule has 2 heterocycles. The van der Waals surface area contributed by atoms with Gasteiger partial charge in [0.05, 0.1) is 18.4 Å². The fraction of sp³-hybridized carbons (Fsp3) is 0.125. The summed E-state index contributed by atoms with van der Waals surface area (Å²) in [5.74, 6) is 0.321. The molecule has 4 aromatic rings. The molecule has 6 heteroatoms. The predicted octanol–water partition coefficient (Wildman–Crippen LogP) is 4.18. The third kappa shape index (κ3) is 4.22. The summed E-state index contributed by atoms with van der Waals surface area (Å²) in [5, 5.41) is 7.68. The van der Waals surface area contributed by atoms with Crippen LogP contribution in [0.5, 0.6) is 5.88 Å². The number of hydrogen-bond donors (Lipinski definition) is 1. The maximum Gasteiger partial charge on any atom is 0.255 e. The minimum atomic E-state index is -0.192. The van der Waals surface area contributed by atoms with Gasteiger partial charge in [-0.25, -0.2) is 9.67 Å². The Labute approximate surface area is 175 Å². The first-order chi connectivity index (χ1) is 14.6. The standard InChI is InChI=1S/C24H22N4O2/c1-17-8-10-20(11-9-17)28-16-21(23(27-28)19-6-4-3-5-7-19)24(29)26-15-18-12-13-25-22(14-18)30-2/h3-14,16H,15H2,1-2H3,(H,26,29). The number of pyridine rings is 1. The summed E-state index contributed by atoms with van der Waals surface area (Å²) in [6.45, 7) is 2.40. The molecule has 0 fully saturated rings. The van der Waals surface area contributed by atoms with Crippen LogP contribution in [0.4, 0.5) is 0 Å². The van der Waals surface area contributed by atoms with Crippen LogP contribution in [0.3, 0.4) is 0 Å². The summed E-state index contributed by atoms with van der Waals surface area (Å²) in [4.78, 5) is 17.1. The van der Waals surface area contributed by atoms with Crippen molar-refractivity contribution >= 4 is 5.91 Å². The zero-order chi connectivity index (χ0) is 20.9. The molecule has 2 aromatic carbocycles. The molecule has 0 atom stereocenters. The Hall–Kier alpha value is -3.93. The van der Waals surface area contributed by atoms with Gasteiger partial charge >= 0.3 is 0 Å². The van der Waals surface area contributed by atoms with E-state index in [-0.39, 0.29) is 5.91 Å². The number of nitrogens with one attached hydrogen (secondary N) is 1. The molecule has 2 aromatic heterocycles. The molecule has 0 spiro atoms. The van der Waals surface area contributed by atoms with Crippen LogP contribution < -0.4 is 10.1 Å². The second-order valence-corrected chi connectivity index (χ2v) is 6.93. The van der Waals surface area contributed by atoms with E-state index in [4.69, 9.17) is 9.84 Å². The number of ether oxygens (including phenoxy) is 1. The van der Waals surface area contributed by atoms with E-state index < -0.39 is 0 Å². The second kappa shape index (κ2) is 8.61. The van der Waals surface area contributed by atoms with Crippen LogP contribution in [0.1, 0.15) is 21.5 Å². The second-order valence-electron chi connectivity index (χ2n) is 6.93. The van der Waals surface area contributed by atoms with E-state index in [1.165, 1.54) is 5.56 Å². The van der Waals surface area contributed by atoms with Gasteiger partial charge in [0.15, 0.2) is 0 Å². The van der Waals surface area contributed by atoms with Gasteiger partial charge in [0.1, 0.15) is 5.69 Å². The molecule has 0 saturated carbocycles. The molecule has 1 amide bonds. The molecule has 30 heavy (non-hydrogen) atoms. The lowest BCUT2D eigenvalue weighted by atomic mass is 10.1. The van der Waals surface area contributed by atoms with Crippen molar-refractivity contribution in [2.75, 3.05) is 7.11 Å². The normalized spacial score (nSPS) is 10.6. The molecule has 6 nitrogen and oxygen atoms in total. The fourth-order valence-electron chi connectivity index (χ4n) is 3.13. The van der Waals surface area contributed by atoms with Crippen LogP contribution in [0, 0.1) is 6.92 Å². The Kier molecular flexibility index (Phi) is 5.57. The minimum absolute atomic E-state index is 0.192. The van der Waals surface area contributed by atoms with Crippen LogP contribution in [0.15, 0.2) is 79.1 Å². The van der Waals surface area contributed by atoms with Crippen molar-refractivity contribution < 1.29 is 9.53 Å². The average molecular weight is 398 g/mol. The Morgan fingerprint density at radius 2 is 1.83 bits per heavy atom. The number of nitrogens with zero attached hydrogens (tertiary/aromatic N) is 3. The van der Waals surface area contributed by atoms with Crippen molar-refractivity contribution in [3.63, 3.8) is 0 Å². The summed E-state index contributed by atoms with van der Waals surface area (Å²) in [6, 6.07) is 21.4. The average Bonchev–Trinajstić information content (AvgIpc) is 3.24. The number of amides is 1. The van der Waals surface area contributed by atoms with E-state index in [0.717, 1.165) is 16.8 Å². The summed E-state index contributed by atoms with van der Waals surface area (Å²) in [6.07, 6.45) is 3.43. The quantitative estimate of drug-likeness (QED) is 0.529. The van der Waals surface area contributed by atoms with Crippen LogP contribution in [-0.2, 0) is 6.54 Å². The van der Waals surface area contributed by atoms with E-state index in [0.29, 0.717) is 23.7 Å². The number of aryl methyl sites for hydroxylation is 1. The number of hydrogen-bond acceptors (Lipinski definition) is 4. The summed E-state index contributed by atoms with van der Waals surface area (Å²) in [5.41, 5.74) is 5.01. The lowest BCUT2D eigenvalue weighted by Crippen LogP contribution is -2.23. The molecule has 0 aliphatic rings. The Morgan fingerprint density at radius 1 is 1.07 bits per heavy atom. The predicted molar refractivity (Wildman–Crippen MR) is 116 cm³/mol. The first-order valence-electron chi connectivity index (χ1n) is 9.63. The van der Waals surface area contributed by atoms with Gasteiger partial charge in [0.25, 0.3) is 5.91 Å². The van der Waals surface area contributed by atoms with Gasteiger partial charge in [-0.15, -0.1) is 0 Å². The smallest absolute Gasteiger partial charge is 0.255 e. The molecular formula is C24H22N4O2. The summed E-state index contributed by atoms with van der Waals surface area (Å²) >= 11 is 0. The van der Waals surface area contributed by atoms with Crippen molar-refractivity contribution in [3.8, 4) is 22.8 Å². The minimum Gasteiger partial charge on any atom is -0.481 e. The van der Waals surface area contributed by atoms with Crippen molar-refractivity contribution in [3.05, 3.63) is 95.8 Å². The van der Waals surface area contributed by atoms with Gasteiger partial charge in [-0.3, -0.25) is 4.79 Å². The van der Waals surface area contributed by atoms with Gasteiger partial charge in [-0.2, -0.15) is 5.10 Å². The highest BCUT2D eigenvalue weighted by molar-refractivity contribution is 5.99. The molecule has 4 rings (SSSR count). The van der Waals surface area contributed by atoms with Gasteiger partial charge < -0.3 is 10.1 Å². The van der Waals surface area contributed by atoms with Gasteiger partial charge in [-0.1, -0.05) is 48.0 Å². The number of methoxy groups -OCH3 is 1. The molecule has 0 saturated heterocycles. The monoisotopic (exact) mass is 398 g/mol. The molecule has 150 valence electrons. The van der Waals surface area contributed by atoms with Crippen LogP contribution >= 0.6 is 0 Å². The molecule has 0 aliphatic carbocycles. The number of carbonyl (C=O) groups is 1. The van der Waals surface area contributed by atoms with Gasteiger partial charge in [0, 0.05) is 30.6 Å². The van der Waals surface area contributed by atoms with Crippen LogP contribution in [0.25, 0.3) is 16.9 Å². The fourth-order valence-corrected chi connectivity index (χ4v) is 3.13. The number of aromatic nitrogens is 3. The summed E-state index contributed by atoms with van der Waals surface area (Å²) < 4.78 is 6.89. The van der Waals surface area contributed by atoms with Crippen LogP contribution in [-0.4, -0.2) is 27.8 Å². The van der Waals surface area contributed by atoms with E-state index in [1.807, 2.05) is 67.6 Å². The van der Waals surface area contributed by atoms with Gasteiger partial charge in [-0.05, 0) is 30.7 Å². The number of benzene rings is 2. The molecule has 0 bridgehead atoms. The maximum atomic E-state index is 13.1. The van der Waals surface area contributed by atoms with E-state index >= 15 is 0 Å². The first kappa shape index (κ1) is 19.4. The molecule has 1 N–H and O–H groups in total. The van der Waals surface area contributed by atoms with Gasteiger partial charge in [0.2, 0.25) is 5.88 Å². The highest BCUT2D eigenvalue weighted by Crippen LogP contribution is 2.24. The highest BCUT2D eigenvalue weighted by atomic mass is 16.5. The van der Waals surface area contributed by atoms with Crippen molar-refractivity contribution in [2.45, 2.75) is 13.5 Å². The van der Waals surface area contributed by atoms with E-state index in [2.05, 4.69) is 10.3 Å². The topological polar surface area (TPSA) is 69.0 Å². The maximum absolute atomic E-state index is 13.1. The Bertz CT molecular complexity index is 1150. The SMILES string of the molecule is COc1cc(CNC(=O)c2cn(-c3ccc(C)cc3)nc2-c2ccccc2)ccn1. The van der Waals surface area contributed by atoms with Crippen molar-refractivity contribution in [2.24, 2.45) is 0 Å². The van der Waals surface area contributed by atoms with Crippen molar-refractivity contribution in [1.82, 2.24) is 20.1 Å². The molecule has 0 unspecified atom stereocenters. The Balaban J connectivity index is 1.64. The molecule has 0 radical (unpaired) electrons. The number of carbonyl (C=O) groups excluding carboxylic acids is 1.